The molecule has 0 atom stereocenters. The fourth-order valence-electron chi connectivity index (χ4n) is 1.82. The minimum absolute atomic E-state index is 0.0156. The molecular formula is C11H22N6O. The van der Waals surface area contributed by atoms with Crippen molar-refractivity contribution in [1.29, 1.82) is 0 Å². The summed E-state index contributed by atoms with van der Waals surface area (Å²) in [7, 11) is 1.51. The van der Waals surface area contributed by atoms with Crippen LogP contribution in [0.2, 0.25) is 0 Å². The molecule has 102 valence electrons. The molecule has 0 aliphatic rings. The summed E-state index contributed by atoms with van der Waals surface area (Å²) >= 11 is 0. The summed E-state index contributed by atoms with van der Waals surface area (Å²) in [5, 5.41) is 3.35. The predicted molar refractivity (Wildman–Crippen MR) is 71.4 cm³/mol. The zero-order chi connectivity index (χ0) is 13.6. The molecule has 1 aromatic rings. The SMILES string of the molecule is CCC(CC)(CC)Nc1nc(NN)nc(OC)n1. The van der Waals surface area contributed by atoms with Crippen LogP contribution in [0.4, 0.5) is 11.9 Å². The molecule has 0 aliphatic heterocycles. The van der Waals surface area contributed by atoms with Crippen molar-refractivity contribution in [3.63, 3.8) is 0 Å². The molecule has 0 saturated carbocycles. The maximum absolute atomic E-state index is 5.32. The van der Waals surface area contributed by atoms with Gasteiger partial charge in [0.05, 0.1) is 7.11 Å². The molecule has 0 spiro atoms. The van der Waals surface area contributed by atoms with Gasteiger partial charge in [0.25, 0.3) is 0 Å². The van der Waals surface area contributed by atoms with E-state index in [2.05, 4.69) is 46.5 Å². The first-order valence-electron chi connectivity index (χ1n) is 6.17. The number of nitrogens with zero attached hydrogens (tertiary/aromatic N) is 3. The maximum atomic E-state index is 5.32. The summed E-state index contributed by atoms with van der Waals surface area (Å²) in [6.07, 6.45) is 2.96. The van der Waals surface area contributed by atoms with Crippen LogP contribution in [0.3, 0.4) is 0 Å². The smallest absolute Gasteiger partial charge is 0.322 e. The minimum Gasteiger partial charge on any atom is -0.467 e. The van der Waals surface area contributed by atoms with Gasteiger partial charge in [-0.15, -0.1) is 0 Å². The zero-order valence-corrected chi connectivity index (χ0v) is 11.4. The van der Waals surface area contributed by atoms with E-state index in [4.69, 9.17) is 10.6 Å². The standard InChI is InChI=1S/C11H22N6O/c1-5-11(6-2,7-3)16-8-13-9(17-12)15-10(14-8)18-4/h5-7,12H2,1-4H3,(H2,13,14,15,16,17). The van der Waals surface area contributed by atoms with Crippen molar-refractivity contribution in [2.75, 3.05) is 17.9 Å². The van der Waals surface area contributed by atoms with E-state index in [9.17, 15) is 0 Å². The summed E-state index contributed by atoms with van der Waals surface area (Å²) in [6, 6.07) is 0.234. The average molecular weight is 254 g/mol. The Morgan fingerprint density at radius 2 is 1.61 bits per heavy atom. The maximum Gasteiger partial charge on any atom is 0.322 e. The molecule has 7 nitrogen and oxygen atoms in total. The van der Waals surface area contributed by atoms with E-state index in [-0.39, 0.29) is 17.5 Å². The highest BCUT2D eigenvalue weighted by Crippen LogP contribution is 2.24. The van der Waals surface area contributed by atoms with Gasteiger partial charge in [-0.25, -0.2) is 5.84 Å². The highest BCUT2D eigenvalue weighted by molar-refractivity contribution is 5.37. The monoisotopic (exact) mass is 254 g/mol. The number of hydrogen-bond acceptors (Lipinski definition) is 7. The van der Waals surface area contributed by atoms with Crippen molar-refractivity contribution in [2.45, 2.75) is 45.6 Å². The lowest BCUT2D eigenvalue weighted by Crippen LogP contribution is -2.37. The van der Waals surface area contributed by atoms with Gasteiger partial charge < -0.3 is 10.1 Å². The zero-order valence-electron chi connectivity index (χ0n) is 11.4. The van der Waals surface area contributed by atoms with Gasteiger partial charge in [-0.2, -0.15) is 15.0 Å². The number of hydrazine groups is 1. The fourth-order valence-corrected chi connectivity index (χ4v) is 1.82. The molecule has 0 aromatic carbocycles. The first-order valence-corrected chi connectivity index (χ1v) is 6.17. The van der Waals surface area contributed by atoms with Crippen LogP contribution in [0.5, 0.6) is 6.01 Å². The number of hydrogen-bond donors (Lipinski definition) is 3. The van der Waals surface area contributed by atoms with Gasteiger partial charge in [-0.05, 0) is 19.3 Å². The number of aromatic nitrogens is 3. The van der Waals surface area contributed by atoms with E-state index in [1.54, 1.807) is 0 Å². The Bertz CT molecular complexity index is 349. The molecular weight excluding hydrogens is 232 g/mol. The van der Waals surface area contributed by atoms with E-state index < -0.39 is 0 Å². The number of nitrogen functional groups attached to an aromatic ring is 1. The Balaban J connectivity index is 3.01. The average Bonchev–Trinajstić information content (AvgIpc) is 2.44. The van der Waals surface area contributed by atoms with E-state index in [0.29, 0.717) is 5.95 Å². The predicted octanol–water partition coefficient (Wildman–Crippen LogP) is 1.55. The van der Waals surface area contributed by atoms with Gasteiger partial charge in [0.2, 0.25) is 11.9 Å². The number of rotatable bonds is 7. The molecule has 1 heterocycles. The number of nitrogens with one attached hydrogen (secondary N) is 2. The highest BCUT2D eigenvalue weighted by atomic mass is 16.5. The summed E-state index contributed by atoms with van der Waals surface area (Å²) in [5.41, 5.74) is 2.38. The summed E-state index contributed by atoms with van der Waals surface area (Å²) in [4.78, 5) is 12.3. The van der Waals surface area contributed by atoms with Crippen LogP contribution in [0.25, 0.3) is 0 Å². The lowest BCUT2D eigenvalue weighted by atomic mass is 9.90. The molecule has 0 fully saturated rings. The molecule has 1 aromatic heterocycles. The van der Waals surface area contributed by atoms with Gasteiger partial charge >= 0.3 is 6.01 Å². The molecule has 0 saturated heterocycles. The lowest BCUT2D eigenvalue weighted by Gasteiger charge is -2.31. The van der Waals surface area contributed by atoms with Crippen molar-refractivity contribution >= 4 is 11.9 Å². The first-order chi connectivity index (χ1) is 8.62. The van der Waals surface area contributed by atoms with Crippen LogP contribution in [0.15, 0.2) is 0 Å². The normalized spacial score (nSPS) is 11.2. The Hall–Kier alpha value is -1.63. The van der Waals surface area contributed by atoms with Crippen LogP contribution in [-0.4, -0.2) is 27.6 Å². The van der Waals surface area contributed by atoms with Gasteiger partial charge in [-0.3, -0.25) is 5.43 Å². The Morgan fingerprint density at radius 1 is 1.06 bits per heavy atom. The quantitative estimate of drug-likeness (QED) is 0.501. The molecule has 18 heavy (non-hydrogen) atoms. The third-order valence-electron chi connectivity index (χ3n) is 3.33. The molecule has 0 unspecified atom stereocenters. The topological polar surface area (TPSA) is 98.0 Å². The number of nitrogens with two attached hydrogens (primary N) is 1. The Morgan fingerprint density at radius 3 is 2.06 bits per heavy atom. The number of methoxy groups -OCH3 is 1. The minimum atomic E-state index is -0.0156. The lowest BCUT2D eigenvalue weighted by molar-refractivity contribution is 0.376. The van der Waals surface area contributed by atoms with Crippen molar-refractivity contribution in [2.24, 2.45) is 5.84 Å². The van der Waals surface area contributed by atoms with E-state index in [0.717, 1.165) is 19.3 Å². The molecule has 0 bridgehead atoms. The summed E-state index contributed by atoms with van der Waals surface area (Å²) in [6.45, 7) is 6.42. The second-order valence-electron chi connectivity index (χ2n) is 4.08. The molecule has 1 rings (SSSR count). The van der Waals surface area contributed by atoms with Crippen LogP contribution < -0.4 is 21.3 Å². The van der Waals surface area contributed by atoms with Gasteiger partial charge in [-0.1, -0.05) is 20.8 Å². The Kier molecular flexibility index (Phi) is 5.08. The second-order valence-corrected chi connectivity index (χ2v) is 4.08. The van der Waals surface area contributed by atoms with E-state index >= 15 is 0 Å². The van der Waals surface area contributed by atoms with Gasteiger partial charge in [0, 0.05) is 5.54 Å². The first kappa shape index (κ1) is 14.4. The molecule has 0 radical (unpaired) electrons. The van der Waals surface area contributed by atoms with Crippen molar-refractivity contribution in [3.8, 4) is 6.01 Å². The van der Waals surface area contributed by atoms with Crippen LogP contribution in [-0.2, 0) is 0 Å². The summed E-state index contributed by atoms with van der Waals surface area (Å²) in [5.74, 6) is 6.07. The summed E-state index contributed by atoms with van der Waals surface area (Å²) < 4.78 is 5.01. The third-order valence-corrected chi connectivity index (χ3v) is 3.33. The van der Waals surface area contributed by atoms with E-state index in [1.165, 1.54) is 7.11 Å². The Labute approximate surface area is 108 Å². The molecule has 4 N–H and O–H groups in total. The number of anilines is 2. The van der Waals surface area contributed by atoms with Crippen LogP contribution >= 0.6 is 0 Å². The number of ether oxygens (including phenoxy) is 1. The molecule has 7 heteroatoms. The van der Waals surface area contributed by atoms with Crippen molar-refractivity contribution in [1.82, 2.24) is 15.0 Å². The van der Waals surface area contributed by atoms with Crippen LogP contribution in [0.1, 0.15) is 40.0 Å². The third kappa shape index (κ3) is 3.19. The van der Waals surface area contributed by atoms with E-state index in [1.807, 2.05) is 0 Å². The van der Waals surface area contributed by atoms with Crippen molar-refractivity contribution < 1.29 is 4.74 Å². The van der Waals surface area contributed by atoms with Crippen molar-refractivity contribution in [3.05, 3.63) is 0 Å². The molecule has 0 amide bonds. The fraction of sp³-hybridized carbons (Fsp3) is 0.727. The van der Waals surface area contributed by atoms with Gasteiger partial charge in [0.15, 0.2) is 0 Å². The largest absolute Gasteiger partial charge is 0.467 e. The highest BCUT2D eigenvalue weighted by Gasteiger charge is 2.25. The van der Waals surface area contributed by atoms with Gasteiger partial charge in [0.1, 0.15) is 0 Å². The molecule has 0 aliphatic carbocycles. The van der Waals surface area contributed by atoms with Crippen LogP contribution in [0, 0.1) is 0 Å². The second kappa shape index (κ2) is 6.34.